The SMILES string of the molecule is COc1cccc([C@H]2CCN2C(=O)Cn2nc(C)c(C)c2C)c1. The maximum atomic E-state index is 12.6. The third-order valence-corrected chi connectivity index (χ3v) is 4.85. The van der Waals surface area contributed by atoms with Crippen LogP contribution >= 0.6 is 0 Å². The van der Waals surface area contributed by atoms with E-state index in [1.807, 2.05) is 48.6 Å². The number of benzene rings is 1. The van der Waals surface area contributed by atoms with Crippen LogP contribution in [0, 0.1) is 20.8 Å². The molecule has 1 amide bonds. The first kappa shape index (κ1) is 15.6. The summed E-state index contributed by atoms with van der Waals surface area (Å²) in [7, 11) is 1.66. The Balaban J connectivity index is 1.73. The highest BCUT2D eigenvalue weighted by Gasteiger charge is 2.33. The molecule has 2 aromatic rings. The van der Waals surface area contributed by atoms with Crippen LogP contribution in [-0.4, -0.2) is 34.2 Å². The van der Waals surface area contributed by atoms with Gasteiger partial charge in [0, 0.05) is 12.2 Å². The molecule has 0 saturated carbocycles. The van der Waals surface area contributed by atoms with E-state index in [2.05, 4.69) is 11.2 Å². The molecule has 0 radical (unpaired) electrons. The van der Waals surface area contributed by atoms with Crippen molar-refractivity contribution in [1.29, 1.82) is 0 Å². The highest BCUT2D eigenvalue weighted by atomic mass is 16.5. The fourth-order valence-electron chi connectivity index (χ4n) is 3.04. The summed E-state index contributed by atoms with van der Waals surface area (Å²) in [6, 6.07) is 8.11. The summed E-state index contributed by atoms with van der Waals surface area (Å²) in [6.07, 6.45) is 0.995. The third-order valence-electron chi connectivity index (χ3n) is 4.85. The Kier molecular flexibility index (Phi) is 4.11. The van der Waals surface area contributed by atoms with Gasteiger partial charge in [-0.2, -0.15) is 5.10 Å². The van der Waals surface area contributed by atoms with Crippen molar-refractivity contribution in [1.82, 2.24) is 14.7 Å². The van der Waals surface area contributed by atoms with Crippen LogP contribution in [0.2, 0.25) is 0 Å². The fourth-order valence-corrected chi connectivity index (χ4v) is 3.04. The molecule has 2 heterocycles. The molecular formula is C18H23N3O2. The number of carbonyl (C=O) groups is 1. The smallest absolute Gasteiger partial charge is 0.244 e. The summed E-state index contributed by atoms with van der Waals surface area (Å²) in [5.41, 5.74) is 4.34. The van der Waals surface area contributed by atoms with Crippen LogP contribution in [0.4, 0.5) is 0 Å². The van der Waals surface area contributed by atoms with Gasteiger partial charge >= 0.3 is 0 Å². The molecule has 0 spiro atoms. The van der Waals surface area contributed by atoms with Crippen LogP contribution in [-0.2, 0) is 11.3 Å². The lowest BCUT2D eigenvalue weighted by atomic mass is 9.94. The molecule has 1 saturated heterocycles. The number of hydrogen-bond donors (Lipinski definition) is 0. The number of ether oxygens (including phenoxy) is 1. The molecule has 1 atom stereocenters. The van der Waals surface area contributed by atoms with E-state index < -0.39 is 0 Å². The van der Waals surface area contributed by atoms with Gasteiger partial charge in [-0.3, -0.25) is 9.48 Å². The Bertz CT molecular complexity index is 736. The second-order valence-electron chi connectivity index (χ2n) is 6.12. The van der Waals surface area contributed by atoms with Crippen molar-refractivity contribution in [3.63, 3.8) is 0 Å². The van der Waals surface area contributed by atoms with Gasteiger partial charge in [-0.1, -0.05) is 12.1 Å². The molecule has 1 aromatic heterocycles. The molecule has 5 nitrogen and oxygen atoms in total. The summed E-state index contributed by atoms with van der Waals surface area (Å²) < 4.78 is 7.09. The van der Waals surface area contributed by atoms with Gasteiger partial charge in [0.2, 0.25) is 5.91 Å². The molecule has 23 heavy (non-hydrogen) atoms. The minimum atomic E-state index is 0.120. The third kappa shape index (κ3) is 2.83. The predicted molar refractivity (Wildman–Crippen MR) is 88.5 cm³/mol. The molecular weight excluding hydrogens is 290 g/mol. The largest absolute Gasteiger partial charge is 0.497 e. The molecule has 3 rings (SSSR count). The number of aromatic nitrogens is 2. The van der Waals surface area contributed by atoms with Gasteiger partial charge < -0.3 is 9.64 Å². The van der Waals surface area contributed by atoms with Crippen molar-refractivity contribution in [3.05, 3.63) is 46.8 Å². The normalized spacial score (nSPS) is 17.0. The molecule has 1 fully saturated rings. The number of nitrogens with zero attached hydrogens (tertiary/aromatic N) is 3. The maximum Gasteiger partial charge on any atom is 0.244 e. The second kappa shape index (κ2) is 6.07. The summed E-state index contributed by atoms with van der Waals surface area (Å²) in [5.74, 6) is 0.950. The van der Waals surface area contributed by atoms with Gasteiger partial charge in [0.15, 0.2) is 0 Å². The number of aryl methyl sites for hydroxylation is 1. The van der Waals surface area contributed by atoms with Gasteiger partial charge in [-0.25, -0.2) is 0 Å². The number of amides is 1. The van der Waals surface area contributed by atoms with Crippen molar-refractivity contribution in [3.8, 4) is 5.75 Å². The van der Waals surface area contributed by atoms with E-state index in [-0.39, 0.29) is 11.9 Å². The van der Waals surface area contributed by atoms with Crippen LogP contribution in [0.5, 0.6) is 5.75 Å². The Labute approximate surface area is 136 Å². The Morgan fingerprint density at radius 3 is 2.70 bits per heavy atom. The summed E-state index contributed by atoms with van der Waals surface area (Å²) in [4.78, 5) is 14.6. The molecule has 1 aliphatic rings. The topological polar surface area (TPSA) is 47.4 Å². The predicted octanol–water partition coefficient (Wildman–Crippen LogP) is 2.79. The van der Waals surface area contributed by atoms with Crippen molar-refractivity contribution in [2.24, 2.45) is 0 Å². The second-order valence-corrected chi connectivity index (χ2v) is 6.12. The van der Waals surface area contributed by atoms with Crippen molar-refractivity contribution >= 4 is 5.91 Å². The zero-order valence-corrected chi connectivity index (χ0v) is 14.2. The first-order valence-electron chi connectivity index (χ1n) is 7.95. The number of carbonyl (C=O) groups excluding carboxylic acids is 1. The Hall–Kier alpha value is -2.30. The first-order chi connectivity index (χ1) is 11.0. The van der Waals surface area contributed by atoms with E-state index in [0.29, 0.717) is 6.54 Å². The summed E-state index contributed by atoms with van der Waals surface area (Å²) in [5, 5.41) is 4.46. The van der Waals surface area contributed by atoms with Crippen molar-refractivity contribution in [2.45, 2.75) is 39.8 Å². The van der Waals surface area contributed by atoms with Crippen LogP contribution in [0.3, 0.4) is 0 Å². The average Bonchev–Trinajstić information content (AvgIpc) is 2.73. The highest BCUT2D eigenvalue weighted by Crippen LogP contribution is 2.34. The van der Waals surface area contributed by atoms with Gasteiger partial charge in [-0.15, -0.1) is 0 Å². The number of likely N-dealkylation sites (tertiary alicyclic amines) is 1. The quantitative estimate of drug-likeness (QED) is 0.872. The van der Waals surface area contributed by atoms with Crippen LogP contribution in [0.1, 0.15) is 35.0 Å². The molecule has 1 aliphatic heterocycles. The lowest BCUT2D eigenvalue weighted by Gasteiger charge is -2.41. The van der Waals surface area contributed by atoms with E-state index in [4.69, 9.17) is 4.74 Å². The van der Waals surface area contributed by atoms with Gasteiger partial charge in [-0.05, 0) is 50.5 Å². The van der Waals surface area contributed by atoms with E-state index in [0.717, 1.165) is 41.2 Å². The molecule has 0 unspecified atom stereocenters. The van der Waals surface area contributed by atoms with Crippen LogP contribution in [0.15, 0.2) is 24.3 Å². The highest BCUT2D eigenvalue weighted by molar-refractivity contribution is 5.77. The summed E-state index contributed by atoms with van der Waals surface area (Å²) >= 11 is 0. The lowest BCUT2D eigenvalue weighted by molar-refractivity contribution is -0.140. The minimum absolute atomic E-state index is 0.120. The summed E-state index contributed by atoms with van der Waals surface area (Å²) in [6.45, 7) is 7.14. The molecule has 0 N–H and O–H groups in total. The Morgan fingerprint density at radius 1 is 1.35 bits per heavy atom. The minimum Gasteiger partial charge on any atom is -0.497 e. The molecule has 122 valence electrons. The molecule has 0 bridgehead atoms. The standard InChI is InChI=1S/C18H23N3O2/c1-12-13(2)19-21(14(12)3)11-18(22)20-9-8-17(20)15-6-5-7-16(10-15)23-4/h5-7,10,17H,8-9,11H2,1-4H3/t17-/m1/s1. The lowest BCUT2D eigenvalue weighted by Crippen LogP contribution is -2.46. The van der Waals surface area contributed by atoms with Crippen molar-refractivity contribution < 1.29 is 9.53 Å². The first-order valence-corrected chi connectivity index (χ1v) is 7.95. The molecule has 1 aromatic carbocycles. The van der Waals surface area contributed by atoms with E-state index in [9.17, 15) is 4.79 Å². The molecule has 0 aliphatic carbocycles. The van der Waals surface area contributed by atoms with E-state index >= 15 is 0 Å². The monoisotopic (exact) mass is 313 g/mol. The van der Waals surface area contributed by atoms with Crippen molar-refractivity contribution in [2.75, 3.05) is 13.7 Å². The van der Waals surface area contributed by atoms with E-state index in [1.54, 1.807) is 7.11 Å². The maximum absolute atomic E-state index is 12.6. The van der Waals surface area contributed by atoms with Gasteiger partial charge in [0.25, 0.3) is 0 Å². The van der Waals surface area contributed by atoms with Gasteiger partial charge in [0.05, 0.1) is 18.8 Å². The molecule has 5 heteroatoms. The number of hydrogen-bond acceptors (Lipinski definition) is 3. The fraction of sp³-hybridized carbons (Fsp3) is 0.444. The number of rotatable bonds is 4. The van der Waals surface area contributed by atoms with E-state index in [1.165, 1.54) is 0 Å². The zero-order valence-electron chi connectivity index (χ0n) is 14.2. The average molecular weight is 313 g/mol. The van der Waals surface area contributed by atoms with Crippen LogP contribution in [0.25, 0.3) is 0 Å². The number of methoxy groups -OCH3 is 1. The zero-order chi connectivity index (χ0) is 16.6. The Morgan fingerprint density at radius 2 is 2.13 bits per heavy atom. The van der Waals surface area contributed by atoms with Crippen LogP contribution < -0.4 is 4.74 Å². The van der Waals surface area contributed by atoms with Gasteiger partial charge in [0.1, 0.15) is 12.3 Å².